The van der Waals surface area contributed by atoms with Crippen LogP contribution >= 0.6 is 0 Å². The molecule has 6 heteroatoms. The molecule has 1 aliphatic heterocycles. The minimum atomic E-state index is -0.176. The molecule has 1 amide bonds. The SMILES string of the molecule is CC(C)CN(C)c1ccnc(C(=O)N[C@@H]2CCN(C#N)C2)c1. The van der Waals surface area contributed by atoms with Gasteiger partial charge in [-0.25, -0.2) is 0 Å². The van der Waals surface area contributed by atoms with Crippen LogP contribution in [-0.4, -0.2) is 48.5 Å². The van der Waals surface area contributed by atoms with Crippen molar-refractivity contribution in [1.29, 1.82) is 5.26 Å². The second-order valence-corrected chi connectivity index (χ2v) is 6.18. The molecule has 1 aliphatic rings. The highest BCUT2D eigenvalue weighted by Crippen LogP contribution is 2.15. The normalized spacial score (nSPS) is 17.4. The van der Waals surface area contributed by atoms with Crippen molar-refractivity contribution in [3.05, 3.63) is 24.0 Å². The highest BCUT2D eigenvalue weighted by molar-refractivity contribution is 5.93. The Labute approximate surface area is 131 Å². The predicted octanol–water partition coefficient (Wildman–Crippen LogP) is 1.46. The van der Waals surface area contributed by atoms with Crippen LogP contribution in [0.4, 0.5) is 5.69 Å². The second kappa shape index (κ2) is 7.12. The molecule has 0 bridgehead atoms. The van der Waals surface area contributed by atoms with Gasteiger partial charge in [0.2, 0.25) is 0 Å². The fourth-order valence-corrected chi connectivity index (χ4v) is 2.66. The Kier molecular flexibility index (Phi) is 5.21. The van der Waals surface area contributed by atoms with Gasteiger partial charge in [0, 0.05) is 44.6 Å². The Bertz CT molecular complexity index is 566. The molecule has 2 rings (SSSR count). The maximum atomic E-state index is 12.3. The van der Waals surface area contributed by atoms with Crippen molar-refractivity contribution in [2.24, 2.45) is 5.92 Å². The second-order valence-electron chi connectivity index (χ2n) is 6.18. The van der Waals surface area contributed by atoms with Crippen LogP contribution in [0.2, 0.25) is 0 Å². The van der Waals surface area contributed by atoms with E-state index in [4.69, 9.17) is 5.26 Å². The van der Waals surface area contributed by atoms with Gasteiger partial charge in [0.25, 0.3) is 5.91 Å². The summed E-state index contributed by atoms with van der Waals surface area (Å²) in [7, 11) is 2.01. The fraction of sp³-hybridized carbons (Fsp3) is 0.562. The van der Waals surface area contributed by atoms with Crippen LogP contribution in [0, 0.1) is 17.4 Å². The lowest BCUT2D eigenvalue weighted by Gasteiger charge is -2.21. The molecule has 1 N–H and O–H groups in total. The first-order valence-corrected chi connectivity index (χ1v) is 7.62. The van der Waals surface area contributed by atoms with Gasteiger partial charge in [-0.05, 0) is 24.5 Å². The third kappa shape index (κ3) is 4.10. The summed E-state index contributed by atoms with van der Waals surface area (Å²) >= 11 is 0. The van der Waals surface area contributed by atoms with Crippen molar-refractivity contribution in [2.75, 3.05) is 31.6 Å². The zero-order valence-electron chi connectivity index (χ0n) is 13.4. The van der Waals surface area contributed by atoms with Crippen LogP contribution in [0.15, 0.2) is 18.3 Å². The van der Waals surface area contributed by atoms with Crippen LogP contribution in [0.25, 0.3) is 0 Å². The van der Waals surface area contributed by atoms with E-state index in [1.54, 1.807) is 11.1 Å². The predicted molar refractivity (Wildman–Crippen MR) is 85.4 cm³/mol. The van der Waals surface area contributed by atoms with E-state index in [0.717, 1.165) is 18.7 Å². The highest BCUT2D eigenvalue weighted by atomic mass is 16.1. The van der Waals surface area contributed by atoms with E-state index in [0.29, 0.717) is 24.7 Å². The van der Waals surface area contributed by atoms with Gasteiger partial charge in [-0.3, -0.25) is 9.78 Å². The van der Waals surface area contributed by atoms with Crippen molar-refractivity contribution in [1.82, 2.24) is 15.2 Å². The molecule has 118 valence electrons. The molecule has 1 aromatic heterocycles. The zero-order valence-corrected chi connectivity index (χ0v) is 13.4. The molecule has 0 radical (unpaired) electrons. The molecule has 1 atom stereocenters. The summed E-state index contributed by atoms with van der Waals surface area (Å²) in [4.78, 5) is 20.2. The fourth-order valence-electron chi connectivity index (χ4n) is 2.66. The number of likely N-dealkylation sites (tertiary alicyclic amines) is 1. The molecule has 0 spiro atoms. The summed E-state index contributed by atoms with van der Waals surface area (Å²) in [6.07, 6.45) is 4.57. The van der Waals surface area contributed by atoms with Crippen LogP contribution < -0.4 is 10.2 Å². The van der Waals surface area contributed by atoms with Crippen molar-refractivity contribution in [3.63, 3.8) is 0 Å². The molecule has 0 unspecified atom stereocenters. The average Bonchev–Trinajstić information content (AvgIpc) is 2.94. The molecular formula is C16H23N5O. The number of nitrogens with one attached hydrogen (secondary N) is 1. The Morgan fingerprint density at radius 3 is 3.05 bits per heavy atom. The number of aromatic nitrogens is 1. The summed E-state index contributed by atoms with van der Waals surface area (Å²) in [6.45, 7) is 6.52. The number of hydrogen-bond donors (Lipinski definition) is 1. The Balaban J connectivity index is 2.00. The van der Waals surface area contributed by atoms with Gasteiger partial charge in [0.05, 0.1) is 0 Å². The average molecular weight is 301 g/mol. The standard InChI is InChI=1S/C16H23N5O/c1-12(2)9-20(3)14-4-6-18-15(8-14)16(22)19-13-5-7-21(10-13)11-17/h4,6,8,12-13H,5,7,9-10H2,1-3H3,(H,19,22)/t13-/m1/s1. The summed E-state index contributed by atoms with van der Waals surface area (Å²) in [5, 5.41) is 11.8. The van der Waals surface area contributed by atoms with Crippen LogP contribution in [-0.2, 0) is 0 Å². The number of carbonyl (C=O) groups excluding carboxylic acids is 1. The number of anilines is 1. The number of carbonyl (C=O) groups is 1. The van der Waals surface area contributed by atoms with Crippen molar-refractivity contribution in [2.45, 2.75) is 26.3 Å². The number of hydrogen-bond acceptors (Lipinski definition) is 5. The maximum absolute atomic E-state index is 12.3. The molecule has 6 nitrogen and oxygen atoms in total. The summed E-state index contributed by atoms with van der Waals surface area (Å²) in [5.41, 5.74) is 1.41. The lowest BCUT2D eigenvalue weighted by atomic mass is 10.2. The largest absolute Gasteiger partial charge is 0.374 e. The first kappa shape index (κ1) is 16.1. The minimum absolute atomic E-state index is 0.0194. The summed E-state index contributed by atoms with van der Waals surface area (Å²) in [6, 6.07) is 3.74. The molecule has 0 aromatic carbocycles. The molecule has 1 fully saturated rings. The first-order valence-electron chi connectivity index (χ1n) is 7.62. The van der Waals surface area contributed by atoms with E-state index in [1.807, 2.05) is 19.2 Å². The van der Waals surface area contributed by atoms with Gasteiger partial charge in [-0.15, -0.1) is 0 Å². The number of nitriles is 1. The zero-order chi connectivity index (χ0) is 16.1. The van der Waals surface area contributed by atoms with E-state index in [9.17, 15) is 4.79 Å². The van der Waals surface area contributed by atoms with Gasteiger partial charge in [-0.2, -0.15) is 5.26 Å². The van der Waals surface area contributed by atoms with Crippen LogP contribution in [0.5, 0.6) is 0 Å². The quantitative estimate of drug-likeness (QED) is 0.834. The van der Waals surface area contributed by atoms with E-state index in [1.165, 1.54) is 0 Å². The van der Waals surface area contributed by atoms with Crippen molar-refractivity contribution in [3.8, 4) is 6.19 Å². The summed E-state index contributed by atoms with van der Waals surface area (Å²) in [5.74, 6) is 0.371. The Morgan fingerprint density at radius 2 is 2.41 bits per heavy atom. The van der Waals surface area contributed by atoms with Gasteiger partial charge >= 0.3 is 0 Å². The Morgan fingerprint density at radius 1 is 1.64 bits per heavy atom. The van der Waals surface area contributed by atoms with E-state index in [2.05, 4.69) is 35.2 Å². The molecule has 1 aromatic rings. The molecule has 0 aliphatic carbocycles. The third-order valence-corrected chi connectivity index (χ3v) is 3.72. The van der Waals surface area contributed by atoms with E-state index in [-0.39, 0.29) is 11.9 Å². The van der Waals surface area contributed by atoms with Crippen LogP contribution in [0.3, 0.4) is 0 Å². The minimum Gasteiger partial charge on any atom is -0.374 e. The lowest BCUT2D eigenvalue weighted by molar-refractivity contribution is 0.0934. The van der Waals surface area contributed by atoms with Gasteiger partial charge in [-0.1, -0.05) is 13.8 Å². The third-order valence-electron chi connectivity index (χ3n) is 3.72. The van der Waals surface area contributed by atoms with Crippen molar-refractivity contribution < 1.29 is 4.79 Å². The number of pyridine rings is 1. The van der Waals surface area contributed by atoms with E-state index >= 15 is 0 Å². The van der Waals surface area contributed by atoms with Gasteiger partial charge in [0.15, 0.2) is 6.19 Å². The smallest absolute Gasteiger partial charge is 0.270 e. The molecular weight excluding hydrogens is 278 g/mol. The molecule has 1 saturated heterocycles. The number of amides is 1. The van der Waals surface area contributed by atoms with Gasteiger partial charge < -0.3 is 15.1 Å². The highest BCUT2D eigenvalue weighted by Gasteiger charge is 2.23. The van der Waals surface area contributed by atoms with Crippen LogP contribution in [0.1, 0.15) is 30.8 Å². The van der Waals surface area contributed by atoms with Crippen molar-refractivity contribution >= 4 is 11.6 Å². The maximum Gasteiger partial charge on any atom is 0.270 e. The van der Waals surface area contributed by atoms with Gasteiger partial charge in [0.1, 0.15) is 5.69 Å². The summed E-state index contributed by atoms with van der Waals surface area (Å²) < 4.78 is 0. The lowest BCUT2D eigenvalue weighted by Crippen LogP contribution is -2.37. The van der Waals surface area contributed by atoms with E-state index < -0.39 is 0 Å². The monoisotopic (exact) mass is 301 g/mol. The molecule has 22 heavy (non-hydrogen) atoms. The topological polar surface area (TPSA) is 72.3 Å². The Hall–Kier alpha value is -2.29. The number of nitrogens with zero attached hydrogens (tertiary/aromatic N) is 4. The first-order chi connectivity index (χ1) is 10.5. The number of rotatable bonds is 5. The molecule has 0 saturated carbocycles. The molecule has 2 heterocycles.